The molecule has 22 heavy (non-hydrogen) atoms. The molecule has 0 bridgehead atoms. The summed E-state index contributed by atoms with van der Waals surface area (Å²) in [6.45, 7) is 0. The van der Waals surface area contributed by atoms with Gasteiger partial charge in [-0.1, -0.05) is 17.7 Å². The van der Waals surface area contributed by atoms with Crippen LogP contribution in [0.15, 0.2) is 48.5 Å². The van der Waals surface area contributed by atoms with Crippen molar-refractivity contribution in [2.45, 2.75) is 0 Å². The van der Waals surface area contributed by atoms with E-state index in [1.807, 2.05) is 0 Å². The maximum atomic E-state index is 12.9. The summed E-state index contributed by atoms with van der Waals surface area (Å²) in [6, 6.07) is 10.1. The molecule has 0 aromatic heterocycles. The molecule has 0 fully saturated rings. The van der Waals surface area contributed by atoms with Crippen LogP contribution in [0.3, 0.4) is 0 Å². The van der Waals surface area contributed by atoms with E-state index in [0.29, 0.717) is 5.56 Å². The molecular weight excluding hydrogens is 305 g/mol. The Balaban J connectivity index is 2.43. The second kappa shape index (κ2) is 6.41. The van der Waals surface area contributed by atoms with Crippen molar-refractivity contribution in [2.24, 2.45) is 11.5 Å². The number of primary amides is 1. The first kappa shape index (κ1) is 15.7. The highest BCUT2D eigenvalue weighted by Crippen LogP contribution is 2.25. The molecule has 112 valence electrons. The summed E-state index contributed by atoms with van der Waals surface area (Å²) >= 11 is 6.07. The lowest BCUT2D eigenvalue weighted by Crippen LogP contribution is -2.16. The van der Waals surface area contributed by atoms with Gasteiger partial charge in [-0.25, -0.2) is 4.39 Å². The topological polar surface area (TPSA) is 93.0 Å². The van der Waals surface area contributed by atoms with Gasteiger partial charge in [0.1, 0.15) is 5.82 Å². The molecule has 0 saturated carbocycles. The van der Waals surface area contributed by atoms with Crippen LogP contribution < -0.4 is 11.5 Å². The fraction of sp³-hybridized carbons (Fsp3) is 0. The van der Waals surface area contributed by atoms with E-state index in [4.69, 9.17) is 28.5 Å². The Labute approximate surface area is 131 Å². The Hall–Kier alpha value is -2.66. The van der Waals surface area contributed by atoms with Crippen LogP contribution in [0.4, 0.5) is 4.39 Å². The normalized spacial score (nSPS) is 11.3. The third-order valence-electron chi connectivity index (χ3n) is 3.02. The summed E-state index contributed by atoms with van der Waals surface area (Å²) in [4.78, 5) is 11.5. The minimum Gasteiger partial charge on any atom is -0.398 e. The van der Waals surface area contributed by atoms with Crippen LogP contribution in [-0.2, 0) is 0 Å². The fourth-order valence-corrected chi connectivity index (χ4v) is 2.25. The predicted octanol–water partition coefficient (Wildman–Crippen LogP) is 2.95. The summed E-state index contributed by atoms with van der Waals surface area (Å²) < 4.78 is 12.9. The number of carbonyl (C=O) groups excluding carboxylic acids is 1. The van der Waals surface area contributed by atoms with Gasteiger partial charge in [-0.2, -0.15) is 0 Å². The van der Waals surface area contributed by atoms with Crippen LogP contribution in [0.25, 0.3) is 5.70 Å². The summed E-state index contributed by atoms with van der Waals surface area (Å²) in [5.74, 6) is -1.06. The zero-order chi connectivity index (χ0) is 16.3. The van der Waals surface area contributed by atoms with E-state index < -0.39 is 11.7 Å². The molecule has 2 aromatic carbocycles. The highest BCUT2D eigenvalue weighted by Gasteiger charge is 2.14. The third kappa shape index (κ3) is 3.32. The van der Waals surface area contributed by atoms with Crippen LogP contribution in [-0.4, -0.2) is 11.6 Å². The molecule has 0 heterocycles. The number of allylic oxidation sites excluding steroid dienone is 1. The van der Waals surface area contributed by atoms with E-state index in [-0.39, 0.29) is 27.6 Å². The van der Waals surface area contributed by atoms with Crippen molar-refractivity contribution in [2.75, 3.05) is 0 Å². The zero-order valence-corrected chi connectivity index (χ0v) is 12.2. The first-order valence-corrected chi connectivity index (χ1v) is 6.68. The van der Waals surface area contributed by atoms with E-state index in [0.717, 1.165) is 0 Å². The van der Waals surface area contributed by atoms with Crippen molar-refractivity contribution in [1.82, 2.24) is 0 Å². The average Bonchev–Trinajstić information content (AvgIpc) is 2.47. The van der Waals surface area contributed by atoms with Crippen LogP contribution in [0.1, 0.15) is 21.5 Å². The van der Waals surface area contributed by atoms with Crippen molar-refractivity contribution in [1.29, 1.82) is 5.41 Å². The molecule has 6 heteroatoms. The lowest BCUT2D eigenvalue weighted by Gasteiger charge is -2.10. The van der Waals surface area contributed by atoms with Crippen LogP contribution in [0, 0.1) is 11.2 Å². The van der Waals surface area contributed by atoms with E-state index >= 15 is 0 Å². The number of carbonyl (C=O) groups is 1. The van der Waals surface area contributed by atoms with Gasteiger partial charge in [0, 0.05) is 16.8 Å². The minimum absolute atomic E-state index is 0.0628. The molecule has 4 nitrogen and oxygen atoms in total. The van der Waals surface area contributed by atoms with Gasteiger partial charge in [-0.15, -0.1) is 0 Å². The third-order valence-corrected chi connectivity index (χ3v) is 3.34. The Bertz CT molecular complexity index is 769. The second-order valence-electron chi connectivity index (χ2n) is 4.55. The molecular formula is C16H13ClFN3O. The number of nitrogens with one attached hydrogen (secondary N) is 1. The van der Waals surface area contributed by atoms with Crippen LogP contribution in [0.2, 0.25) is 5.02 Å². The van der Waals surface area contributed by atoms with E-state index in [1.165, 1.54) is 36.4 Å². The van der Waals surface area contributed by atoms with Gasteiger partial charge in [0.25, 0.3) is 0 Å². The van der Waals surface area contributed by atoms with Crippen molar-refractivity contribution in [3.63, 3.8) is 0 Å². The number of amides is 1. The Morgan fingerprint density at radius 3 is 2.36 bits per heavy atom. The molecule has 0 saturated heterocycles. The monoisotopic (exact) mass is 317 g/mol. The van der Waals surface area contributed by atoms with Gasteiger partial charge in [0.2, 0.25) is 5.91 Å². The molecule has 0 spiro atoms. The van der Waals surface area contributed by atoms with Gasteiger partial charge in [0.05, 0.1) is 10.7 Å². The maximum absolute atomic E-state index is 12.9. The van der Waals surface area contributed by atoms with E-state index in [1.54, 1.807) is 12.1 Å². The first-order chi connectivity index (χ1) is 10.4. The van der Waals surface area contributed by atoms with Gasteiger partial charge in [0.15, 0.2) is 0 Å². The average molecular weight is 318 g/mol. The lowest BCUT2D eigenvalue weighted by atomic mass is 10.0. The zero-order valence-electron chi connectivity index (χ0n) is 11.4. The smallest absolute Gasteiger partial charge is 0.249 e. The molecule has 2 aromatic rings. The molecule has 0 radical (unpaired) electrons. The fourth-order valence-electron chi connectivity index (χ4n) is 1.96. The largest absolute Gasteiger partial charge is 0.398 e. The van der Waals surface area contributed by atoms with Crippen molar-refractivity contribution >= 4 is 28.9 Å². The quantitative estimate of drug-likeness (QED) is 0.756. The molecule has 0 aliphatic heterocycles. The van der Waals surface area contributed by atoms with E-state index in [2.05, 4.69) is 0 Å². The molecule has 0 unspecified atom stereocenters. The van der Waals surface area contributed by atoms with Gasteiger partial charge < -0.3 is 16.9 Å². The standard InChI is InChI=1S/C16H13ClFN3O/c17-12-3-1-2-11(16(21)22)15(12)14(20)8-13(19)9-4-6-10(18)7-5-9/h1-8,19H,20H2,(H2,21,22). The van der Waals surface area contributed by atoms with Crippen molar-refractivity contribution in [3.8, 4) is 0 Å². The Kier molecular flexibility index (Phi) is 4.58. The number of benzene rings is 2. The van der Waals surface area contributed by atoms with Crippen molar-refractivity contribution < 1.29 is 9.18 Å². The van der Waals surface area contributed by atoms with Crippen LogP contribution >= 0.6 is 11.6 Å². The Morgan fingerprint density at radius 2 is 1.77 bits per heavy atom. The summed E-state index contributed by atoms with van der Waals surface area (Å²) in [7, 11) is 0. The number of hydrogen-bond donors (Lipinski definition) is 3. The maximum Gasteiger partial charge on any atom is 0.249 e. The first-order valence-electron chi connectivity index (χ1n) is 6.30. The number of halogens is 2. The van der Waals surface area contributed by atoms with Gasteiger partial charge in [-0.05, 0) is 48.0 Å². The van der Waals surface area contributed by atoms with Crippen LogP contribution in [0.5, 0.6) is 0 Å². The van der Waals surface area contributed by atoms with Crippen molar-refractivity contribution in [3.05, 3.63) is 76.1 Å². The second-order valence-corrected chi connectivity index (χ2v) is 4.95. The summed E-state index contributed by atoms with van der Waals surface area (Å²) in [5.41, 5.74) is 12.4. The number of nitrogens with two attached hydrogens (primary N) is 2. The molecule has 0 aliphatic rings. The number of rotatable bonds is 4. The summed E-state index contributed by atoms with van der Waals surface area (Å²) in [6.07, 6.45) is 1.35. The molecule has 5 N–H and O–H groups in total. The Morgan fingerprint density at radius 1 is 1.14 bits per heavy atom. The highest BCUT2D eigenvalue weighted by molar-refractivity contribution is 6.33. The molecule has 2 rings (SSSR count). The lowest BCUT2D eigenvalue weighted by molar-refractivity contribution is 0.1000. The molecule has 0 atom stereocenters. The predicted molar refractivity (Wildman–Crippen MR) is 85.4 cm³/mol. The van der Waals surface area contributed by atoms with Gasteiger partial charge in [-0.3, -0.25) is 4.79 Å². The number of hydrogen-bond acceptors (Lipinski definition) is 3. The van der Waals surface area contributed by atoms with E-state index in [9.17, 15) is 9.18 Å². The summed E-state index contributed by atoms with van der Waals surface area (Å²) in [5, 5.41) is 8.25. The molecule has 1 amide bonds. The SMILES string of the molecule is N=C(C=C(N)c1c(Cl)cccc1C(N)=O)c1ccc(F)cc1. The highest BCUT2D eigenvalue weighted by atomic mass is 35.5. The van der Waals surface area contributed by atoms with Gasteiger partial charge >= 0.3 is 0 Å². The molecule has 0 aliphatic carbocycles. The minimum atomic E-state index is -0.665.